The number of epoxide rings is 1. The fraction of sp³-hybridized carbons (Fsp3) is 1.00. The molecule has 0 amide bonds. The molecule has 0 aromatic heterocycles. The van der Waals surface area contributed by atoms with E-state index < -0.39 is 0 Å². The third-order valence-corrected chi connectivity index (χ3v) is 5.15. The average molecular weight is 312 g/mol. The van der Waals surface area contributed by atoms with Gasteiger partial charge in [0.1, 0.15) is 6.10 Å². The molecule has 3 rings (SSSR count). The molecule has 1 heterocycles. The maximum absolute atomic E-state index is 6.02. The quantitative estimate of drug-likeness (QED) is 0.365. The summed E-state index contributed by atoms with van der Waals surface area (Å²) in [5.41, 5.74) is 0.119. The van der Waals surface area contributed by atoms with Crippen molar-refractivity contribution >= 4 is 0 Å². The Bertz CT molecular complexity index is 303. The van der Waals surface area contributed by atoms with Gasteiger partial charge < -0.3 is 18.9 Å². The van der Waals surface area contributed by atoms with Crippen molar-refractivity contribution in [3.63, 3.8) is 0 Å². The highest BCUT2D eigenvalue weighted by Gasteiger charge is 2.32. The summed E-state index contributed by atoms with van der Waals surface area (Å²) in [5, 5.41) is 0. The highest BCUT2D eigenvalue weighted by molar-refractivity contribution is 4.81. The van der Waals surface area contributed by atoms with Crippen LogP contribution in [0, 0.1) is 17.3 Å². The van der Waals surface area contributed by atoms with Gasteiger partial charge in [-0.3, -0.25) is 0 Å². The first kappa shape index (κ1) is 16.7. The van der Waals surface area contributed by atoms with Gasteiger partial charge in [0, 0.05) is 25.2 Å². The van der Waals surface area contributed by atoms with Crippen molar-refractivity contribution < 1.29 is 18.9 Å². The van der Waals surface area contributed by atoms with Gasteiger partial charge in [0.25, 0.3) is 0 Å². The molecule has 3 fully saturated rings. The van der Waals surface area contributed by atoms with Gasteiger partial charge in [0.15, 0.2) is 0 Å². The summed E-state index contributed by atoms with van der Waals surface area (Å²) < 4.78 is 23.0. The van der Waals surface area contributed by atoms with E-state index in [1.807, 2.05) is 0 Å². The van der Waals surface area contributed by atoms with Crippen LogP contribution in [0.1, 0.15) is 45.4 Å². The van der Waals surface area contributed by atoms with Crippen molar-refractivity contribution in [1.29, 1.82) is 0 Å². The van der Waals surface area contributed by atoms with Crippen LogP contribution in [0.25, 0.3) is 0 Å². The Balaban J connectivity index is 1.38. The van der Waals surface area contributed by atoms with Gasteiger partial charge in [-0.1, -0.05) is 6.92 Å². The molecule has 0 radical (unpaired) electrons. The molecule has 1 saturated heterocycles. The maximum atomic E-state index is 6.02. The van der Waals surface area contributed by atoms with E-state index in [9.17, 15) is 0 Å². The van der Waals surface area contributed by atoms with Gasteiger partial charge in [-0.05, 0) is 50.4 Å². The molecule has 0 spiro atoms. The Morgan fingerprint density at radius 3 is 1.95 bits per heavy atom. The molecule has 128 valence electrons. The summed E-state index contributed by atoms with van der Waals surface area (Å²) in [6.07, 6.45) is 7.86. The van der Waals surface area contributed by atoms with Gasteiger partial charge in [-0.15, -0.1) is 0 Å². The highest BCUT2D eigenvalue weighted by atomic mass is 16.6. The van der Waals surface area contributed by atoms with Crippen molar-refractivity contribution in [2.45, 2.75) is 51.6 Å². The lowest BCUT2D eigenvalue weighted by Gasteiger charge is -2.32. The molecule has 4 heteroatoms. The van der Waals surface area contributed by atoms with Crippen LogP contribution < -0.4 is 0 Å². The zero-order chi connectivity index (χ0) is 15.3. The summed E-state index contributed by atoms with van der Waals surface area (Å²) in [7, 11) is 0. The van der Waals surface area contributed by atoms with E-state index in [1.54, 1.807) is 0 Å². The van der Waals surface area contributed by atoms with Gasteiger partial charge in [-0.25, -0.2) is 0 Å². The molecule has 0 aromatic carbocycles. The zero-order valence-corrected chi connectivity index (χ0v) is 14.1. The highest BCUT2D eigenvalue weighted by Crippen LogP contribution is 2.34. The van der Waals surface area contributed by atoms with E-state index >= 15 is 0 Å². The van der Waals surface area contributed by atoms with Crippen LogP contribution >= 0.6 is 0 Å². The first-order valence-electron chi connectivity index (χ1n) is 9.14. The molecule has 4 nitrogen and oxygen atoms in total. The van der Waals surface area contributed by atoms with Gasteiger partial charge in [-0.2, -0.15) is 0 Å². The molecule has 22 heavy (non-hydrogen) atoms. The third kappa shape index (κ3) is 6.15. The Kier molecular flexibility index (Phi) is 6.14. The lowest BCUT2D eigenvalue weighted by atomic mass is 9.83. The molecule has 3 aliphatic rings. The normalized spacial score (nSPS) is 24.7. The predicted molar refractivity (Wildman–Crippen MR) is 85.0 cm³/mol. The van der Waals surface area contributed by atoms with Crippen LogP contribution in [0.5, 0.6) is 0 Å². The smallest absolute Gasteiger partial charge is 0.104 e. The maximum Gasteiger partial charge on any atom is 0.104 e. The molecule has 1 atom stereocenters. The van der Waals surface area contributed by atoms with Crippen molar-refractivity contribution in [1.82, 2.24) is 0 Å². The molecule has 0 N–H and O–H groups in total. The van der Waals surface area contributed by atoms with E-state index in [-0.39, 0.29) is 5.41 Å². The van der Waals surface area contributed by atoms with Crippen molar-refractivity contribution in [2.24, 2.45) is 17.3 Å². The summed E-state index contributed by atoms with van der Waals surface area (Å²) in [4.78, 5) is 0. The molecule has 2 aliphatic carbocycles. The monoisotopic (exact) mass is 312 g/mol. The van der Waals surface area contributed by atoms with Crippen LogP contribution in [-0.2, 0) is 18.9 Å². The summed E-state index contributed by atoms with van der Waals surface area (Å²) in [6.45, 7) is 8.14. The number of ether oxygens (including phenoxy) is 4. The second-order valence-corrected chi connectivity index (χ2v) is 7.55. The fourth-order valence-corrected chi connectivity index (χ4v) is 2.69. The average Bonchev–Trinajstić information content (AvgIpc) is 3.38. The molecule has 1 aliphatic heterocycles. The van der Waals surface area contributed by atoms with Crippen LogP contribution in [0.3, 0.4) is 0 Å². The van der Waals surface area contributed by atoms with Crippen molar-refractivity contribution in [3.05, 3.63) is 0 Å². The number of rotatable bonds is 14. The number of hydrogen-bond acceptors (Lipinski definition) is 4. The molecular formula is C18H32O4. The van der Waals surface area contributed by atoms with Gasteiger partial charge in [0.2, 0.25) is 0 Å². The minimum Gasteiger partial charge on any atom is -0.380 e. The first-order chi connectivity index (χ1) is 10.8. The lowest BCUT2D eigenvalue weighted by Crippen LogP contribution is -2.34. The Labute approximate surface area is 134 Å². The van der Waals surface area contributed by atoms with Crippen LogP contribution in [-0.4, -0.2) is 52.4 Å². The van der Waals surface area contributed by atoms with Gasteiger partial charge in [0.05, 0.1) is 26.4 Å². The van der Waals surface area contributed by atoms with E-state index in [1.165, 1.54) is 25.7 Å². The minimum absolute atomic E-state index is 0.119. The van der Waals surface area contributed by atoms with E-state index in [0.29, 0.717) is 6.10 Å². The molecule has 0 aromatic rings. The summed E-state index contributed by atoms with van der Waals surface area (Å²) in [6, 6.07) is 0. The van der Waals surface area contributed by atoms with E-state index in [0.717, 1.165) is 70.9 Å². The Morgan fingerprint density at radius 2 is 1.50 bits per heavy atom. The number of hydrogen-bond donors (Lipinski definition) is 0. The minimum atomic E-state index is 0.119. The second kappa shape index (κ2) is 8.09. The third-order valence-electron chi connectivity index (χ3n) is 5.15. The largest absolute Gasteiger partial charge is 0.380 e. The standard InChI is InChI=1S/C18H32O4/c1-2-18(13-20-9-15-3-4-15,14-21-10-16-5-6-16)7-8-19-11-17-12-22-17/h15-17H,2-14H2,1H3. The summed E-state index contributed by atoms with van der Waals surface area (Å²) in [5.74, 6) is 1.65. The van der Waals surface area contributed by atoms with Crippen molar-refractivity contribution in [2.75, 3.05) is 46.2 Å². The lowest BCUT2D eigenvalue weighted by molar-refractivity contribution is -0.0475. The topological polar surface area (TPSA) is 40.2 Å². The molecule has 1 unspecified atom stereocenters. The Morgan fingerprint density at radius 1 is 0.909 bits per heavy atom. The first-order valence-corrected chi connectivity index (χ1v) is 9.14. The molecular weight excluding hydrogens is 280 g/mol. The zero-order valence-electron chi connectivity index (χ0n) is 14.1. The second-order valence-electron chi connectivity index (χ2n) is 7.55. The van der Waals surface area contributed by atoms with E-state index in [2.05, 4.69) is 6.92 Å². The van der Waals surface area contributed by atoms with Crippen LogP contribution in [0.4, 0.5) is 0 Å². The van der Waals surface area contributed by atoms with Crippen molar-refractivity contribution in [3.8, 4) is 0 Å². The molecule has 0 bridgehead atoms. The molecule has 2 saturated carbocycles. The predicted octanol–water partition coefficient (Wildman–Crippen LogP) is 3.04. The SMILES string of the molecule is CCC(CCOCC1CO1)(COCC1CC1)COCC1CC1. The van der Waals surface area contributed by atoms with E-state index in [4.69, 9.17) is 18.9 Å². The fourth-order valence-electron chi connectivity index (χ4n) is 2.69. The van der Waals surface area contributed by atoms with Crippen LogP contribution in [0.2, 0.25) is 0 Å². The van der Waals surface area contributed by atoms with Gasteiger partial charge >= 0.3 is 0 Å². The van der Waals surface area contributed by atoms with Crippen LogP contribution in [0.15, 0.2) is 0 Å². The Hall–Kier alpha value is -0.160. The summed E-state index contributed by atoms with van der Waals surface area (Å²) >= 11 is 0.